The van der Waals surface area contributed by atoms with Crippen molar-refractivity contribution in [3.8, 4) is 0 Å². The van der Waals surface area contributed by atoms with Crippen LogP contribution >= 0.6 is 0 Å². The van der Waals surface area contributed by atoms with Crippen LogP contribution in [0.2, 0.25) is 0 Å². The van der Waals surface area contributed by atoms with Crippen LogP contribution in [0, 0.1) is 22.5 Å². The Labute approximate surface area is 113 Å². The van der Waals surface area contributed by atoms with Gasteiger partial charge in [-0.1, -0.05) is 19.9 Å². The van der Waals surface area contributed by atoms with Gasteiger partial charge in [-0.15, -0.1) is 0 Å². The van der Waals surface area contributed by atoms with Crippen molar-refractivity contribution in [2.45, 2.75) is 20.8 Å². The van der Waals surface area contributed by atoms with E-state index in [2.05, 4.69) is 36.9 Å². The van der Waals surface area contributed by atoms with E-state index in [0.29, 0.717) is 5.69 Å². The molecule has 0 amide bonds. The Balaban J connectivity index is 2.48. The van der Waals surface area contributed by atoms with Crippen molar-refractivity contribution in [3.63, 3.8) is 0 Å². The molecule has 1 aliphatic rings. The van der Waals surface area contributed by atoms with Crippen molar-refractivity contribution in [1.82, 2.24) is 9.88 Å². The third-order valence-electron chi connectivity index (χ3n) is 3.57. The van der Waals surface area contributed by atoms with Crippen LogP contribution in [0.3, 0.4) is 0 Å². The van der Waals surface area contributed by atoms with Gasteiger partial charge >= 0.3 is 0 Å². The van der Waals surface area contributed by atoms with Crippen molar-refractivity contribution in [1.29, 1.82) is 0 Å². The van der Waals surface area contributed by atoms with Crippen LogP contribution in [0.5, 0.6) is 0 Å². The summed E-state index contributed by atoms with van der Waals surface area (Å²) in [7, 11) is 2.07. The normalized spacial score (nSPS) is 19.1. The Bertz CT molecular complexity index is 550. The second-order valence-corrected chi connectivity index (χ2v) is 5.78. The fourth-order valence-electron chi connectivity index (χ4n) is 2.71. The van der Waals surface area contributed by atoms with E-state index in [1.807, 2.05) is 0 Å². The first-order chi connectivity index (χ1) is 8.81. The van der Waals surface area contributed by atoms with Gasteiger partial charge in [0.05, 0.1) is 4.92 Å². The molecule has 2 heterocycles. The first kappa shape index (κ1) is 13.7. The molecule has 0 spiro atoms. The van der Waals surface area contributed by atoms with Crippen LogP contribution in [-0.4, -0.2) is 34.9 Å². The fraction of sp³-hybridized carbons (Fsp3) is 0.500. The van der Waals surface area contributed by atoms with Gasteiger partial charge in [-0.05, 0) is 19.5 Å². The molecule has 0 fully saturated rings. The lowest BCUT2D eigenvalue weighted by Crippen LogP contribution is -2.36. The maximum absolute atomic E-state index is 11.0. The quantitative estimate of drug-likeness (QED) is 0.606. The number of pyridine rings is 1. The van der Waals surface area contributed by atoms with Crippen molar-refractivity contribution in [3.05, 3.63) is 39.7 Å². The molecule has 0 aliphatic carbocycles. The molecule has 5 heteroatoms. The zero-order valence-corrected chi connectivity index (χ0v) is 11.8. The van der Waals surface area contributed by atoms with E-state index in [9.17, 15) is 10.1 Å². The van der Waals surface area contributed by atoms with Crippen LogP contribution in [0.4, 0.5) is 5.69 Å². The monoisotopic (exact) mass is 261 g/mol. The summed E-state index contributed by atoms with van der Waals surface area (Å²) < 4.78 is 0. The Kier molecular flexibility index (Phi) is 3.41. The van der Waals surface area contributed by atoms with E-state index in [1.165, 1.54) is 0 Å². The number of hydrogen-bond donors (Lipinski definition) is 0. The number of aromatic nitrogens is 1. The van der Waals surface area contributed by atoms with E-state index in [-0.39, 0.29) is 16.0 Å². The van der Waals surface area contributed by atoms with Gasteiger partial charge in [-0.25, -0.2) is 0 Å². The number of aryl methyl sites for hydroxylation is 1. The molecule has 1 aromatic heterocycles. The van der Waals surface area contributed by atoms with Gasteiger partial charge in [-0.3, -0.25) is 15.1 Å². The van der Waals surface area contributed by atoms with Gasteiger partial charge in [0.1, 0.15) is 5.69 Å². The SMILES string of the molecule is Cc1ncc(C2=CCN(C)CC2(C)C)cc1[N+](=O)[O-]. The number of likely N-dealkylation sites (N-methyl/N-ethyl adjacent to an activating group) is 1. The van der Waals surface area contributed by atoms with Gasteiger partial charge in [0.25, 0.3) is 5.69 Å². The maximum Gasteiger partial charge on any atom is 0.291 e. The van der Waals surface area contributed by atoms with Crippen molar-refractivity contribution in [2.75, 3.05) is 20.1 Å². The Morgan fingerprint density at radius 2 is 2.16 bits per heavy atom. The maximum atomic E-state index is 11.0. The largest absolute Gasteiger partial charge is 0.302 e. The molecule has 0 atom stereocenters. The summed E-state index contributed by atoms with van der Waals surface area (Å²) in [5.74, 6) is 0. The predicted octanol–water partition coefficient (Wildman–Crippen LogP) is 2.65. The smallest absolute Gasteiger partial charge is 0.291 e. The van der Waals surface area contributed by atoms with E-state index < -0.39 is 0 Å². The number of rotatable bonds is 2. The molecule has 1 aromatic rings. The van der Waals surface area contributed by atoms with E-state index in [0.717, 1.165) is 24.2 Å². The lowest BCUT2D eigenvalue weighted by Gasteiger charge is -2.37. The van der Waals surface area contributed by atoms with Gasteiger partial charge in [0.2, 0.25) is 0 Å². The molecular formula is C14H19N3O2. The number of hydrogen-bond acceptors (Lipinski definition) is 4. The number of nitro groups is 1. The van der Waals surface area contributed by atoms with Crippen LogP contribution in [0.1, 0.15) is 25.1 Å². The molecule has 0 unspecified atom stereocenters. The number of nitrogens with zero attached hydrogens (tertiary/aromatic N) is 3. The summed E-state index contributed by atoms with van der Waals surface area (Å²) in [6.07, 6.45) is 3.88. The summed E-state index contributed by atoms with van der Waals surface area (Å²) >= 11 is 0. The molecule has 102 valence electrons. The topological polar surface area (TPSA) is 59.3 Å². The predicted molar refractivity (Wildman–Crippen MR) is 74.9 cm³/mol. The Hall–Kier alpha value is -1.75. The molecule has 0 N–H and O–H groups in total. The van der Waals surface area contributed by atoms with Crippen molar-refractivity contribution < 1.29 is 4.92 Å². The van der Waals surface area contributed by atoms with Crippen molar-refractivity contribution >= 4 is 11.3 Å². The first-order valence-corrected chi connectivity index (χ1v) is 6.32. The molecule has 0 saturated carbocycles. The summed E-state index contributed by atoms with van der Waals surface area (Å²) in [5, 5.41) is 11.0. The van der Waals surface area contributed by atoms with E-state index in [1.54, 1.807) is 19.2 Å². The zero-order chi connectivity index (χ0) is 14.2. The van der Waals surface area contributed by atoms with Crippen LogP contribution in [0.15, 0.2) is 18.3 Å². The molecule has 0 saturated heterocycles. The second kappa shape index (κ2) is 4.74. The highest BCUT2D eigenvalue weighted by molar-refractivity contribution is 5.72. The highest BCUT2D eigenvalue weighted by atomic mass is 16.6. The molecular weight excluding hydrogens is 242 g/mol. The minimum atomic E-state index is -0.367. The van der Waals surface area contributed by atoms with Gasteiger partial charge < -0.3 is 4.90 Å². The first-order valence-electron chi connectivity index (χ1n) is 6.32. The van der Waals surface area contributed by atoms with Crippen LogP contribution in [-0.2, 0) is 0 Å². The minimum Gasteiger partial charge on any atom is -0.302 e. The zero-order valence-electron chi connectivity index (χ0n) is 11.8. The fourth-order valence-corrected chi connectivity index (χ4v) is 2.71. The Morgan fingerprint density at radius 3 is 2.74 bits per heavy atom. The molecule has 5 nitrogen and oxygen atoms in total. The molecule has 1 aliphatic heterocycles. The van der Waals surface area contributed by atoms with Gasteiger partial charge in [0, 0.05) is 36.3 Å². The van der Waals surface area contributed by atoms with Crippen LogP contribution in [0.25, 0.3) is 5.57 Å². The van der Waals surface area contributed by atoms with Crippen LogP contribution < -0.4 is 0 Å². The molecule has 0 aromatic carbocycles. The minimum absolute atomic E-state index is 0.0300. The summed E-state index contributed by atoms with van der Waals surface area (Å²) in [4.78, 5) is 17.0. The van der Waals surface area contributed by atoms with Gasteiger partial charge in [0.15, 0.2) is 0 Å². The highest BCUT2D eigenvalue weighted by Gasteiger charge is 2.30. The Morgan fingerprint density at radius 1 is 1.47 bits per heavy atom. The molecule has 19 heavy (non-hydrogen) atoms. The van der Waals surface area contributed by atoms with Gasteiger partial charge in [-0.2, -0.15) is 0 Å². The highest BCUT2D eigenvalue weighted by Crippen LogP contribution is 2.38. The molecule has 2 rings (SSSR count). The van der Waals surface area contributed by atoms with E-state index in [4.69, 9.17) is 0 Å². The summed E-state index contributed by atoms with van der Waals surface area (Å²) in [6.45, 7) is 7.76. The lowest BCUT2D eigenvalue weighted by atomic mass is 9.78. The van der Waals surface area contributed by atoms with Crippen molar-refractivity contribution in [2.24, 2.45) is 5.41 Å². The average Bonchev–Trinajstić information content (AvgIpc) is 2.28. The second-order valence-electron chi connectivity index (χ2n) is 5.78. The molecule has 0 radical (unpaired) electrons. The molecule has 0 bridgehead atoms. The summed E-state index contributed by atoms with van der Waals surface area (Å²) in [6, 6.07) is 1.64. The third kappa shape index (κ3) is 2.66. The lowest BCUT2D eigenvalue weighted by molar-refractivity contribution is -0.385. The third-order valence-corrected chi connectivity index (χ3v) is 3.57. The van der Waals surface area contributed by atoms with E-state index >= 15 is 0 Å². The average molecular weight is 261 g/mol. The summed E-state index contributed by atoms with van der Waals surface area (Å²) in [5.41, 5.74) is 2.52. The standard InChI is InChI=1S/C14H19N3O2/c1-10-13(17(18)19)7-11(8-15-10)12-5-6-16(4)9-14(12,2)3/h5,7-8H,6,9H2,1-4H3.